The molecule has 0 bridgehead atoms. The molecule has 0 aliphatic rings. The molecule has 1 amide bonds. The number of esters is 1. The van der Waals surface area contributed by atoms with Crippen molar-refractivity contribution in [2.75, 3.05) is 7.11 Å². The maximum Gasteiger partial charge on any atom is 0.347 e. The molecule has 4 aromatic carbocycles. The summed E-state index contributed by atoms with van der Waals surface area (Å²) in [5, 5.41) is 5.75. The Morgan fingerprint density at radius 1 is 0.927 bits per heavy atom. The van der Waals surface area contributed by atoms with Crippen molar-refractivity contribution in [2.45, 2.75) is 0 Å². The van der Waals surface area contributed by atoms with Gasteiger partial charge in [-0.3, -0.25) is 4.79 Å². The fraction of sp³-hybridized carbons (Fsp3) is 0.0333. The topological polar surface area (TPSA) is 92.8 Å². The van der Waals surface area contributed by atoms with Crippen molar-refractivity contribution in [2.24, 2.45) is 5.10 Å². The van der Waals surface area contributed by atoms with E-state index in [9.17, 15) is 9.59 Å². The summed E-state index contributed by atoms with van der Waals surface area (Å²) in [4.78, 5) is 29.5. The SMILES string of the molecule is COc1ccc(Cl)cc1C(=O)Oc1ccc(Br)cc1C=NNC(=O)c1[nH]c2c(Cl)cc(Br)cc2c1-c1ccccc1. The van der Waals surface area contributed by atoms with Crippen LogP contribution in [0.4, 0.5) is 0 Å². The van der Waals surface area contributed by atoms with Gasteiger partial charge in [-0.1, -0.05) is 85.4 Å². The number of nitrogens with one attached hydrogen (secondary N) is 2. The first-order valence-corrected chi connectivity index (χ1v) is 14.3. The molecule has 7 nitrogen and oxygen atoms in total. The van der Waals surface area contributed by atoms with Crippen LogP contribution in [0.1, 0.15) is 26.4 Å². The van der Waals surface area contributed by atoms with E-state index < -0.39 is 11.9 Å². The first-order chi connectivity index (χ1) is 19.7. The smallest absolute Gasteiger partial charge is 0.347 e. The molecule has 206 valence electrons. The molecule has 5 aromatic rings. The largest absolute Gasteiger partial charge is 0.496 e. The van der Waals surface area contributed by atoms with Crippen LogP contribution in [0.2, 0.25) is 10.0 Å². The van der Waals surface area contributed by atoms with Gasteiger partial charge in [0.25, 0.3) is 5.91 Å². The predicted octanol–water partition coefficient (Wildman–Crippen LogP) is 8.66. The Morgan fingerprint density at radius 2 is 1.68 bits per heavy atom. The highest BCUT2D eigenvalue weighted by atomic mass is 79.9. The summed E-state index contributed by atoms with van der Waals surface area (Å²) < 4.78 is 12.4. The fourth-order valence-corrected chi connectivity index (χ4v) is 5.63. The second kappa shape index (κ2) is 12.5. The Balaban J connectivity index is 1.44. The van der Waals surface area contributed by atoms with Crippen LogP contribution < -0.4 is 14.9 Å². The van der Waals surface area contributed by atoms with Crippen molar-refractivity contribution in [3.63, 3.8) is 0 Å². The van der Waals surface area contributed by atoms with Crippen molar-refractivity contribution in [1.82, 2.24) is 10.4 Å². The number of H-pyrrole nitrogens is 1. The molecule has 0 spiro atoms. The predicted molar refractivity (Wildman–Crippen MR) is 169 cm³/mol. The lowest BCUT2D eigenvalue weighted by atomic mass is 10.0. The lowest BCUT2D eigenvalue weighted by Crippen LogP contribution is -2.19. The Kier molecular flexibility index (Phi) is 8.79. The third kappa shape index (κ3) is 6.33. The zero-order valence-electron chi connectivity index (χ0n) is 21.2. The third-order valence-electron chi connectivity index (χ3n) is 6.04. The average molecular weight is 716 g/mol. The number of rotatable bonds is 7. The molecule has 2 N–H and O–H groups in total. The minimum absolute atomic E-state index is 0.164. The molecular weight excluding hydrogens is 697 g/mol. The molecule has 11 heteroatoms. The molecule has 0 atom stereocenters. The number of amides is 1. The van der Waals surface area contributed by atoms with Crippen LogP contribution in [0.25, 0.3) is 22.0 Å². The number of benzene rings is 4. The van der Waals surface area contributed by atoms with Gasteiger partial charge in [-0.2, -0.15) is 5.10 Å². The van der Waals surface area contributed by atoms with Gasteiger partial charge in [0.05, 0.1) is 23.9 Å². The fourth-order valence-electron chi connectivity index (χ4n) is 4.22. The number of hydrogen-bond acceptors (Lipinski definition) is 5. The van der Waals surface area contributed by atoms with Crippen LogP contribution in [0, 0.1) is 0 Å². The van der Waals surface area contributed by atoms with Gasteiger partial charge in [0.2, 0.25) is 0 Å². The van der Waals surface area contributed by atoms with Crippen molar-refractivity contribution in [1.29, 1.82) is 0 Å². The Labute approximate surface area is 261 Å². The number of methoxy groups -OCH3 is 1. The summed E-state index contributed by atoms with van der Waals surface area (Å²) in [5.41, 5.74) is 5.59. The summed E-state index contributed by atoms with van der Waals surface area (Å²) in [6.45, 7) is 0. The molecular formula is C30H19Br2Cl2N3O4. The van der Waals surface area contributed by atoms with Gasteiger partial charge in [-0.25, -0.2) is 10.2 Å². The van der Waals surface area contributed by atoms with E-state index in [4.69, 9.17) is 32.7 Å². The Hall–Kier alpha value is -3.63. The summed E-state index contributed by atoms with van der Waals surface area (Å²) >= 11 is 19.5. The highest BCUT2D eigenvalue weighted by molar-refractivity contribution is 9.10. The maximum atomic E-state index is 13.4. The number of carbonyl (C=O) groups is 2. The number of ether oxygens (including phenoxy) is 2. The summed E-state index contributed by atoms with van der Waals surface area (Å²) in [7, 11) is 1.45. The van der Waals surface area contributed by atoms with Crippen LogP contribution in [-0.4, -0.2) is 30.2 Å². The Morgan fingerprint density at radius 3 is 2.44 bits per heavy atom. The van der Waals surface area contributed by atoms with E-state index in [1.807, 2.05) is 36.4 Å². The van der Waals surface area contributed by atoms with Crippen LogP contribution in [-0.2, 0) is 0 Å². The van der Waals surface area contributed by atoms with Gasteiger partial charge in [0.1, 0.15) is 22.8 Å². The van der Waals surface area contributed by atoms with Crippen molar-refractivity contribution < 1.29 is 19.1 Å². The molecule has 1 heterocycles. The van der Waals surface area contributed by atoms with Crippen molar-refractivity contribution >= 4 is 84.1 Å². The molecule has 0 saturated carbocycles. The number of aromatic nitrogens is 1. The van der Waals surface area contributed by atoms with Gasteiger partial charge in [-0.15, -0.1) is 0 Å². The van der Waals surface area contributed by atoms with Crippen LogP contribution in [0.3, 0.4) is 0 Å². The van der Waals surface area contributed by atoms with E-state index in [1.54, 1.807) is 36.4 Å². The zero-order chi connectivity index (χ0) is 29.1. The quantitative estimate of drug-likeness (QED) is 0.0764. The molecule has 0 aliphatic heterocycles. The molecule has 0 radical (unpaired) electrons. The van der Waals surface area contributed by atoms with Gasteiger partial charge in [-0.05, 0) is 54.1 Å². The molecule has 5 rings (SSSR count). The molecule has 0 aliphatic carbocycles. The molecule has 1 aromatic heterocycles. The second-order valence-corrected chi connectivity index (χ2v) is 11.3. The highest BCUT2D eigenvalue weighted by Crippen LogP contribution is 2.37. The van der Waals surface area contributed by atoms with E-state index in [-0.39, 0.29) is 17.0 Å². The minimum Gasteiger partial charge on any atom is -0.496 e. The first-order valence-electron chi connectivity index (χ1n) is 12.0. The van der Waals surface area contributed by atoms with Gasteiger partial charge >= 0.3 is 5.97 Å². The molecule has 0 unspecified atom stereocenters. The maximum absolute atomic E-state index is 13.4. The van der Waals surface area contributed by atoms with Crippen LogP contribution in [0.15, 0.2) is 92.9 Å². The first kappa shape index (κ1) is 28.9. The standard InChI is InChI=1S/C30H19Br2Cl2N3O4/c1-40-25-10-8-20(33)14-21(25)30(39)41-24-9-7-18(31)11-17(24)15-35-37-29(38)28-26(16-5-3-2-4-6-16)22-12-19(32)13-23(34)27(22)36-28/h2-15,36H,1H3,(H,37,38). The zero-order valence-corrected chi connectivity index (χ0v) is 25.9. The number of hydrogen-bond donors (Lipinski definition) is 2. The minimum atomic E-state index is -0.668. The molecule has 0 saturated heterocycles. The number of hydrazone groups is 1. The number of halogens is 4. The van der Waals surface area contributed by atoms with Crippen LogP contribution in [0.5, 0.6) is 11.5 Å². The lowest BCUT2D eigenvalue weighted by molar-refractivity contribution is 0.0730. The van der Waals surface area contributed by atoms with Crippen molar-refractivity contribution in [3.05, 3.63) is 115 Å². The lowest BCUT2D eigenvalue weighted by Gasteiger charge is -2.11. The van der Waals surface area contributed by atoms with E-state index in [2.05, 4.69) is 47.4 Å². The van der Waals surface area contributed by atoms with E-state index in [0.717, 1.165) is 15.4 Å². The monoisotopic (exact) mass is 713 g/mol. The highest BCUT2D eigenvalue weighted by Gasteiger charge is 2.21. The van der Waals surface area contributed by atoms with E-state index >= 15 is 0 Å². The van der Waals surface area contributed by atoms with Gasteiger partial charge < -0.3 is 14.5 Å². The number of fused-ring (bicyclic) bond motifs is 1. The number of nitrogens with zero attached hydrogens (tertiary/aromatic N) is 1. The summed E-state index contributed by atoms with van der Waals surface area (Å²) in [5.74, 6) is -0.621. The van der Waals surface area contributed by atoms with Gasteiger partial charge in [0.15, 0.2) is 0 Å². The average Bonchev–Trinajstić information content (AvgIpc) is 3.34. The summed E-state index contributed by atoms with van der Waals surface area (Å²) in [6, 6.07) is 22.8. The summed E-state index contributed by atoms with van der Waals surface area (Å²) in [6.07, 6.45) is 1.38. The van der Waals surface area contributed by atoms with Crippen LogP contribution >= 0.6 is 55.1 Å². The van der Waals surface area contributed by atoms with E-state index in [1.165, 1.54) is 19.4 Å². The molecule has 41 heavy (non-hydrogen) atoms. The Bertz CT molecular complexity index is 1820. The number of aromatic amines is 1. The number of carbonyl (C=O) groups excluding carboxylic acids is 2. The van der Waals surface area contributed by atoms with Crippen molar-refractivity contribution in [3.8, 4) is 22.6 Å². The van der Waals surface area contributed by atoms with E-state index in [0.29, 0.717) is 36.9 Å². The van der Waals surface area contributed by atoms with Gasteiger partial charge in [0, 0.05) is 30.5 Å². The molecule has 0 fully saturated rings. The second-order valence-electron chi connectivity index (χ2n) is 8.67. The normalized spacial score (nSPS) is 11.1. The third-order valence-corrected chi connectivity index (χ3v) is 7.52.